The van der Waals surface area contributed by atoms with Gasteiger partial charge in [0.25, 0.3) is 0 Å². The SMILES string of the molecule is CC1CCC(N(C)C(=O)CSc2nnnn2C(C)(C)C)CC1. The summed E-state index contributed by atoms with van der Waals surface area (Å²) in [5.74, 6) is 1.34. The van der Waals surface area contributed by atoms with Crippen molar-refractivity contribution in [3.8, 4) is 0 Å². The first-order valence-corrected chi connectivity index (χ1v) is 8.95. The van der Waals surface area contributed by atoms with E-state index in [4.69, 9.17) is 0 Å². The van der Waals surface area contributed by atoms with Gasteiger partial charge in [0.1, 0.15) is 0 Å². The summed E-state index contributed by atoms with van der Waals surface area (Å²) >= 11 is 1.42. The fraction of sp³-hybridized carbons (Fsp3) is 0.867. The van der Waals surface area contributed by atoms with Gasteiger partial charge in [0, 0.05) is 13.1 Å². The third-order valence-electron chi connectivity index (χ3n) is 4.33. The topological polar surface area (TPSA) is 63.9 Å². The van der Waals surface area contributed by atoms with Crippen LogP contribution in [-0.2, 0) is 10.3 Å². The lowest BCUT2D eigenvalue weighted by molar-refractivity contribution is -0.129. The van der Waals surface area contributed by atoms with Crippen molar-refractivity contribution in [2.24, 2.45) is 5.92 Å². The Balaban J connectivity index is 1.89. The second-order valence-corrected chi connectivity index (χ2v) is 8.19. The first-order valence-electron chi connectivity index (χ1n) is 7.96. The zero-order valence-corrected chi connectivity index (χ0v) is 15.1. The lowest BCUT2D eigenvalue weighted by Gasteiger charge is -2.33. The van der Waals surface area contributed by atoms with E-state index in [9.17, 15) is 4.79 Å². The fourth-order valence-electron chi connectivity index (χ4n) is 2.75. The monoisotopic (exact) mass is 325 g/mol. The number of amides is 1. The van der Waals surface area contributed by atoms with E-state index in [-0.39, 0.29) is 11.4 Å². The zero-order valence-electron chi connectivity index (χ0n) is 14.2. The van der Waals surface area contributed by atoms with Crippen molar-refractivity contribution < 1.29 is 4.79 Å². The molecule has 0 N–H and O–H groups in total. The van der Waals surface area contributed by atoms with Crippen LogP contribution in [0.3, 0.4) is 0 Å². The van der Waals surface area contributed by atoms with E-state index in [0.717, 1.165) is 18.8 Å². The minimum absolute atomic E-state index is 0.160. The highest BCUT2D eigenvalue weighted by molar-refractivity contribution is 7.99. The predicted octanol–water partition coefficient (Wildman–Crippen LogP) is 2.56. The highest BCUT2D eigenvalue weighted by Crippen LogP contribution is 2.27. The molecule has 1 aromatic rings. The van der Waals surface area contributed by atoms with Crippen LogP contribution in [-0.4, -0.2) is 49.9 Å². The van der Waals surface area contributed by atoms with Gasteiger partial charge < -0.3 is 4.90 Å². The summed E-state index contributed by atoms with van der Waals surface area (Å²) in [6.45, 7) is 8.43. The molecule has 7 heteroatoms. The number of carbonyl (C=O) groups is 1. The van der Waals surface area contributed by atoms with E-state index in [1.165, 1.54) is 24.6 Å². The number of aromatic nitrogens is 4. The fourth-order valence-corrected chi connectivity index (χ4v) is 3.73. The lowest BCUT2D eigenvalue weighted by atomic mass is 9.87. The Kier molecular flexibility index (Phi) is 5.47. The Labute approximate surface area is 137 Å². The predicted molar refractivity (Wildman–Crippen MR) is 87.7 cm³/mol. The summed E-state index contributed by atoms with van der Waals surface area (Å²) in [7, 11) is 1.93. The van der Waals surface area contributed by atoms with Crippen molar-refractivity contribution in [2.75, 3.05) is 12.8 Å². The smallest absolute Gasteiger partial charge is 0.233 e. The minimum Gasteiger partial charge on any atom is -0.342 e. The molecule has 0 atom stereocenters. The summed E-state index contributed by atoms with van der Waals surface area (Å²) < 4.78 is 1.77. The van der Waals surface area contributed by atoms with Crippen LogP contribution in [0.25, 0.3) is 0 Å². The summed E-state index contributed by atoms with van der Waals surface area (Å²) in [4.78, 5) is 14.3. The van der Waals surface area contributed by atoms with Gasteiger partial charge in [0.15, 0.2) is 0 Å². The molecular formula is C15H27N5OS. The quantitative estimate of drug-likeness (QED) is 0.796. The molecule has 2 rings (SSSR count). The maximum atomic E-state index is 12.4. The molecule has 124 valence electrons. The molecule has 0 unspecified atom stereocenters. The minimum atomic E-state index is -0.180. The van der Waals surface area contributed by atoms with Crippen molar-refractivity contribution in [3.05, 3.63) is 0 Å². The van der Waals surface area contributed by atoms with Gasteiger partial charge in [-0.05, 0) is 62.8 Å². The molecule has 1 fully saturated rings. The maximum Gasteiger partial charge on any atom is 0.233 e. The number of carbonyl (C=O) groups excluding carboxylic acids is 1. The van der Waals surface area contributed by atoms with Crippen molar-refractivity contribution in [1.82, 2.24) is 25.1 Å². The van der Waals surface area contributed by atoms with Crippen LogP contribution in [0.5, 0.6) is 0 Å². The van der Waals surface area contributed by atoms with Crippen molar-refractivity contribution >= 4 is 17.7 Å². The lowest BCUT2D eigenvalue weighted by Crippen LogP contribution is -2.40. The molecule has 1 heterocycles. The van der Waals surface area contributed by atoms with E-state index >= 15 is 0 Å². The third kappa shape index (κ3) is 4.21. The number of hydrogen-bond donors (Lipinski definition) is 0. The average Bonchev–Trinajstić information content (AvgIpc) is 2.93. The molecule has 0 radical (unpaired) electrons. The Morgan fingerprint density at radius 1 is 1.32 bits per heavy atom. The summed E-state index contributed by atoms with van der Waals surface area (Å²) in [5.41, 5.74) is -0.180. The summed E-state index contributed by atoms with van der Waals surface area (Å²) in [6.07, 6.45) is 4.68. The van der Waals surface area contributed by atoms with Crippen molar-refractivity contribution in [1.29, 1.82) is 0 Å². The van der Waals surface area contributed by atoms with E-state index < -0.39 is 0 Å². The van der Waals surface area contributed by atoms with Crippen LogP contribution >= 0.6 is 11.8 Å². The first kappa shape index (κ1) is 17.2. The van der Waals surface area contributed by atoms with Crippen LogP contribution in [0.2, 0.25) is 0 Å². The van der Waals surface area contributed by atoms with Gasteiger partial charge in [0.2, 0.25) is 11.1 Å². The van der Waals surface area contributed by atoms with Crippen LogP contribution in [0.4, 0.5) is 0 Å². The zero-order chi connectivity index (χ0) is 16.3. The molecule has 0 bridgehead atoms. The van der Waals surface area contributed by atoms with Crippen molar-refractivity contribution in [3.63, 3.8) is 0 Å². The van der Waals surface area contributed by atoms with Gasteiger partial charge in [-0.15, -0.1) is 5.10 Å². The number of nitrogens with zero attached hydrogens (tertiary/aromatic N) is 5. The molecule has 1 saturated carbocycles. The van der Waals surface area contributed by atoms with Gasteiger partial charge in [0.05, 0.1) is 11.3 Å². The van der Waals surface area contributed by atoms with Crippen LogP contribution in [0, 0.1) is 5.92 Å². The van der Waals surface area contributed by atoms with E-state index in [2.05, 4.69) is 22.4 Å². The standard InChI is InChI=1S/C15H27N5OS/c1-11-6-8-12(9-7-11)19(5)13(21)10-22-14-16-17-18-20(14)15(2,3)4/h11-12H,6-10H2,1-5H3. The molecule has 0 spiro atoms. The van der Waals surface area contributed by atoms with Crippen LogP contribution < -0.4 is 0 Å². The van der Waals surface area contributed by atoms with Gasteiger partial charge >= 0.3 is 0 Å². The molecule has 22 heavy (non-hydrogen) atoms. The second-order valence-electron chi connectivity index (χ2n) is 7.25. The van der Waals surface area contributed by atoms with E-state index in [1.54, 1.807) is 4.68 Å². The molecule has 1 aliphatic rings. The highest BCUT2D eigenvalue weighted by Gasteiger charge is 2.26. The molecule has 0 aliphatic heterocycles. The number of thioether (sulfide) groups is 1. The van der Waals surface area contributed by atoms with E-state index in [0.29, 0.717) is 17.0 Å². The van der Waals surface area contributed by atoms with E-state index in [1.807, 2.05) is 32.7 Å². The molecule has 1 amide bonds. The average molecular weight is 325 g/mol. The van der Waals surface area contributed by atoms with Crippen LogP contribution in [0.1, 0.15) is 53.4 Å². The molecule has 0 aromatic carbocycles. The Morgan fingerprint density at radius 2 is 1.95 bits per heavy atom. The molecule has 0 saturated heterocycles. The first-order chi connectivity index (χ1) is 10.3. The molecule has 6 nitrogen and oxygen atoms in total. The normalized spacial score (nSPS) is 22.6. The molecule has 1 aliphatic carbocycles. The Morgan fingerprint density at radius 3 is 2.55 bits per heavy atom. The van der Waals surface area contributed by atoms with Gasteiger partial charge in [-0.25, -0.2) is 4.68 Å². The Bertz CT molecular complexity index is 502. The van der Waals surface area contributed by atoms with Crippen LogP contribution in [0.15, 0.2) is 5.16 Å². The second kappa shape index (κ2) is 6.98. The maximum absolute atomic E-state index is 12.4. The van der Waals surface area contributed by atoms with Gasteiger partial charge in [-0.2, -0.15) is 0 Å². The summed E-state index contributed by atoms with van der Waals surface area (Å²) in [6, 6.07) is 0.392. The third-order valence-corrected chi connectivity index (χ3v) is 5.23. The highest BCUT2D eigenvalue weighted by atomic mass is 32.2. The van der Waals surface area contributed by atoms with Crippen molar-refractivity contribution in [2.45, 2.75) is 70.1 Å². The van der Waals surface area contributed by atoms with Gasteiger partial charge in [-0.1, -0.05) is 18.7 Å². The largest absolute Gasteiger partial charge is 0.342 e. The Hall–Kier alpha value is -1.11. The number of tetrazole rings is 1. The molecular weight excluding hydrogens is 298 g/mol. The number of rotatable bonds is 4. The number of hydrogen-bond acceptors (Lipinski definition) is 5. The van der Waals surface area contributed by atoms with Gasteiger partial charge in [-0.3, -0.25) is 4.79 Å². The molecule has 1 aromatic heterocycles. The summed E-state index contributed by atoms with van der Waals surface area (Å²) in [5, 5.41) is 12.5.